The van der Waals surface area contributed by atoms with E-state index in [1.165, 1.54) is 12.8 Å². The van der Waals surface area contributed by atoms with Crippen molar-refractivity contribution in [2.24, 2.45) is 5.41 Å². The van der Waals surface area contributed by atoms with Gasteiger partial charge in [-0.1, -0.05) is 47.0 Å². The molecule has 0 aliphatic carbocycles. The number of amides is 2. The van der Waals surface area contributed by atoms with Gasteiger partial charge in [-0.15, -0.1) is 0 Å². The van der Waals surface area contributed by atoms with E-state index >= 15 is 0 Å². The first-order valence-electron chi connectivity index (χ1n) is 7.09. The van der Waals surface area contributed by atoms with Gasteiger partial charge in [-0.05, 0) is 18.3 Å². The number of unbranched alkanes of at least 4 members (excludes halogenated alkanes) is 2. The summed E-state index contributed by atoms with van der Waals surface area (Å²) in [6.07, 6.45) is 4.97. The lowest BCUT2D eigenvalue weighted by atomic mass is 9.87. The Morgan fingerprint density at radius 2 is 1.84 bits per heavy atom. The molecule has 0 aliphatic rings. The molecule has 0 aromatic carbocycles. The van der Waals surface area contributed by atoms with E-state index in [0.717, 1.165) is 12.8 Å². The summed E-state index contributed by atoms with van der Waals surface area (Å²) in [5, 5.41) is 14.1. The highest BCUT2D eigenvalue weighted by Crippen LogP contribution is 2.22. The molecule has 0 saturated heterocycles. The van der Waals surface area contributed by atoms with Crippen LogP contribution in [0.4, 0.5) is 4.79 Å². The molecule has 2 amide bonds. The van der Waals surface area contributed by atoms with E-state index in [-0.39, 0.29) is 5.41 Å². The van der Waals surface area contributed by atoms with Gasteiger partial charge in [0.15, 0.2) is 0 Å². The Morgan fingerprint density at radius 1 is 1.21 bits per heavy atom. The maximum Gasteiger partial charge on any atom is 0.326 e. The number of rotatable bonds is 9. The second-order valence-electron chi connectivity index (χ2n) is 5.75. The predicted molar refractivity (Wildman–Crippen MR) is 76.2 cm³/mol. The third-order valence-corrected chi connectivity index (χ3v) is 3.20. The van der Waals surface area contributed by atoms with Gasteiger partial charge in [-0.3, -0.25) is 0 Å². The van der Waals surface area contributed by atoms with Gasteiger partial charge in [-0.25, -0.2) is 9.59 Å². The average Bonchev–Trinajstić information content (AvgIpc) is 2.33. The zero-order chi connectivity index (χ0) is 14.9. The van der Waals surface area contributed by atoms with Gasteiger partial charge in [0, 0.05) is 6.54 Å². The Kier molecular flexibility index (Phi) is 8.19. The summed E-state index contributed by atoms with van der Waals surface area (Å²) in [7, 11) is 0. The molecule has 0 bridgehead atoms. The van der Waals surface area contributed by atoms with Crippen molar-refractivity contribution in [1.29, 1.82) is 0 Å². The van der Waals surface area contributed by atoms with E-state index in [9.17, 15) is 9.59 Å². The first kappa shape index (κ1) is 17.7. The monoisotopic (exact) mass is 272 g/mol. The van der Waals surface area contributed by atoms with E-state index in [1.54, 1.807) is 6.92 Å². The molecule has 5 nitrogen and oxygen atoms in total. The van der Waals surface area contributed by atoms with Crippen molar-refractivity contribution >= 4 is 12.0 Å². The maximum absolute atomic E-state index is 11.6. The van der Waals surface area contributed by atoms with Crippen molar-refractivity contribution in [2.75, 3.05) is 6.54 Å². The van der Waals surface area contributed by atoms with Gasteiger partial charge in [0.25, 0.3) is 0 Å². The highest BCUT2D eigenvalue weighted by molar-refractivity contribution is 5.82. The molecular formula is C14H28N2O3. The summed E-state index contributed by atoms with van der Waals surface area (Å²) >= 11 is 0. The largest absolute Gasteiger partial charge is 0.480 e. The van der Waals surface area contributed by atoms with Crippen LogP contribution >= 0.6 is 0 Å². The minimum absolute atomic E-state index is 0.0391. The standard InChI is InChI=1S/C14H28N2O3/c1-5-7-8-9-14(3,4)10-15-13(19)16-11(6-2)12(17)18/h11H,5-10H2,1-4H3,(H,17,18)(H2,15,16,19)/t11-/m0/s1. The molecule has 0 radical (unpaired) electrons. The van der Waals surface area contributed by atoms with Crippen LogP contribution in [0.5, 0.6) is 0 Å². The number of carbonyl (C=O) groups is 2. The third kappa shape index (κ3) is 8.46. The number of hydrogen-bond acceptors (Lipinski definition) is 2. The Labute approximate surface area is 116 Å². The Morgan fingerprint density at radius 3 is 2.32 bits per heavy atom. The number of carboxylic acids is 1. The Bertz CT molecular complexity index is 290. The molecule has 112 valence electrons. The second kappa shape index (κ2) is 8.77. The lowest BCUT2D eigenvalue weighted by molar-refractivity contribution is -0.139. The Hall–Kier alpha value is -1.26. The number of hydrogen-bond donors (Lipinski definition) is 3. The van der Waals surface area contributed by atoms with Crippen molar-refractivity contribution in [3.63, 3.8) is 0 Å². The van der Waals surface area contributed by atoms with Crippen molar-refractivity contribution in [1.82, 2.24) is 10.6 Å². The molecule has 0 rings (SSSR count). The van der Waals surface area contributed by atoms with E-state index in [1.807, 2.05) is 0 Å². The molecular weight excluding hydrogens is 244 g/mol. The van der Waals surface area contributed by atoms with E-state index in [0.29, 0.717) is 13.0 Å². The summed E-state index contributed by atoms with van der Waals surface area (Å²) in [5.74, 6) is -1.00. The zero-order valence-corrected chi connectivity index (χ0v) is 12.6. The summed E-state index contributed by atoms with van der Waals surface area (Å²) < 4.78 is 0. The highest BCUT2D eigenvalue weighted by Gasteiger charge is 2.21. The number of carbonyl (C=O) groups excluding carboxylic acids is 1. The fraction of sp³-hybridized carbons (Fsp3) is 0.857. The van der Waals surface area contributed by atoms with Crippen molar-refractivity contribution in [3.8, 4) is 0 Å². The van der Waals surface area contributed by atoms with Gasteiger partial charge in [0.05, 0.1) is 0 Å². The second-order valence-corrected chi connectivity index (χ2v) is 5.75. The molecule has 19 heavy (non-hydrogen) atoms. The number of carboxylic acid groups (broad SMARTS) is 1. The first-order chi connectivity index (χ1) is 8.82. The van der Waals surface area contributed by atoms with Crippen LogP contribution < -0.4 is 10.6 Å². The lowest BCUT2D eigenvalue weighted by Crippen LogP contribution is -2.47. The summed E-state index contributed by atoms with van der Waals surface area (Å²) in [6, 6.07) is -1.22. The molecule has 3 N–H and O–H groups in total. The van der Waals surface area contributed by atoms with Gasteiger partial charge in [-0.2, -0.15) is 0 Å². The van der Waals surface area contributed by atoms with Gasteiger partial charge >= 0.3 is 12.0 Å². The molecule has 0 spiro atoms. The summed E-state index contributed by atoms with van der Waals surface area (Å²) in [5.41, 5.74) is 0.0391. The van der Waals surface area contributed by atoms with Gasteiger partial charge in [0.2, 0.25) is 0 Å². The third-order valence-electron chi connectivity index (χ3n) is 3.20. The minimum Gasteiger partial charge on any atom is -0.480 e. The molecule has 0 aromatic rings. The van der Waals surface area contributed by atoms with E-state index < -0.39 is 18.0 Å². The van der Waals surface area contributed by atoms with Crippen molar-refractivity contribution in [3.05, 3.63) is 0 Å². The molecule has 0 heterocycles. The molecule has 5 heteroatoms. The molecule has 0 unspecified atom stereocenters. The quantitative estimate of drug-likeness (QED) is 0.565. The average molecular weight is 272 g/mol. The van der Waals surface area contributed by atoms with E-state index in [4.69, 9.17) is 5.11 Å². The van der Waals surface area contributed by atoms with Crippen LogP contribution in [0.25, 0.3) is 0 Å². The molecule has 0 aromatic heterocycles. The van der Waals surface area contributed by atoms with Crippen LogP contribution in [0.15, 0.2) is 0 Å². The summed E-state index contributed by atoms with van der Waals surface area (Å²) in [4.78, 5) is 22.4. The number of urea groups is 1. The maximum atomic E-state index is 11.6. The number of aliphatic carboxylic acids is 1. The van der Waals surface area contributed by atoms with Crippen LogP contribution in [0.2, 0.25) is 0 Å². The fourth-order valence-electron chi connectivity index (χ4n) is 1.81. The van der Waals surface area contributed by atoms with Crippen LogP contribution in [-0.2, 0) is 4.79 Å². The van der Waals surface area contributed by atoms with E-state index in [2.05, 4.69) is 31.4 Å². The van der Waals surface area contributed by atoms with Gasteiger partial charge in [0.1, 0.15) is 6.04 Å². The highest BCUT2D eigenvalue weighted by atomic mass is 16.4. The molecule has 0 saturated carbocycles. The zero-order valence-electron chi connectivity index (χ0n) is 12.6. The molecule has 1 atom stereocenters. The number of nitrogens with one attached hydrogen (secondary N) is 2. The van der Waals surface area contributed by atoms with Crippen molar-refractivity contribution in [2.45, 2.75) is 65.8 Å². The first-order valence-corrected chi connectivity index (χ1v) is 7.09. The van der Waals surface area contributed by atoms with Gasteiger partial charge < -0.3 is 15.7 Å². The van der Waals surface area contributed by atoms with Crippen LogP contribution in [-0.4, -0.2) is 29.7 Å². The normalized spacial score (nSPS) is 12.8. The van der Waals surface area contributed by atoms with Crippen LogP contribution in [0, 0.1) is 5.41 Å². The summed E-state index contributed by atoms with van der Waals surface area (Å²) in [6.45, 7) is 8.66. The molecule has 0 fully saturated rings. The Balaban J connectivity index is 4.03. The van der Waals surface area contributed by atoms with Crippen molar-refractivity contribution < 1.29 is 14.7 Å². The van der Waals surface area contributed by atoms with Crippen LogP contribution in [0.1, 0.15) is 59.8 Å². The SMILES string of the molecule is CCCCCC(C)(C)CNC(=O)N[C@@H](CC)C(=O)O. The lowest BCUT2D eigenvalue weighted by Gasteiger charge is -2.25. The predicted octanol–water partition coefficient (Wildman–Crippen LogP) is 2.76. The smallest absolute Gasteiger partial charge is 0.326 e. The van der Waals surface area contributed by atoms with Crippen LogP contribution in [0.3, 0.4) is 0 Å². The minimum atomic E-state index is -1.00. The fourth-order valence-corrected chi connectivity index (χ4v) is 1.81. The topological polar surface area (TPSA) is 78.4 Å². The molecule has 0 aliphatic heterocycles.